The van der Waals surface area contributed by atoms with Crippen LogP contribution in [0.1, 0.15) is 0 Å². The highest BCUT2D eigenvalue weighted by molar-refractivity contribution is 7.19. The summed E-state index contributed by atoms with van der Waals surface area (Å²) in [5.74, 6) is -0.0449. The fraction of sp³-hybridized carbons (Fsp3) is 0.800. The van der Waals surface area contributed by atoms with E-state index in [4.69, 9.17) is 22.2 Å². The van der Waals surface area contributed by atoms with Gasteiger partial charge in [0, 0.05) is 12.3 Å². The Morgan fingerprint density at radius 2 is 1.17 bits per heavy atom. The Morgan fingerprint density at radius 1 is 0.889 bits per heavy atom. The van der Waals surface area contributed by atoms with Crippen LogP contribution in [0, 0.1) is 0 Å². The van der Waals surface area contributed by atoms with Crippen molar-refractivity contribution >= 4 is 48.7 Å². The Bertz CT molecular complexity index is 319. The lowest BCUT2D eigenvalue weighted by atomic mass is 10.3. The third kappa shape index (κ3) is 5.30. The quantitative estimate of drug-likeness (QED) is 0.582. The standard InChI is InChI=1S/C10H20Cl2N2O2Si2/c1-17(2,11)7-13-5-10(16)14(6-9(13)15)8-18(3,4)12/h5-8H2,1-4H3. The van der Waals surface area contributed by atoms with Crippen molar-refractivity contribution in [1.82, 2.24) is 9.80 Å². The van der Waals surface area contributed by atoms with Gasteiger partial charge in [0.05, 0.1) is 13.1 Å². The van der Waals surface area contributed by atoms with Crippen LogP contribution in [0.15, 0.2) is 0 Å². The Hall–Kier alpha value is -0.0462. The van der Waals surface area contributed by atoms with E-state index in [0.29, 0.717) is 12.3 Å². The summed E-state index contributed by atoms with van der Waals surface area (Å²) in [6.07, 6.45) is 1.04. The first-order valence-corrected chi connectivity index (χ1v) is 14.4. The SMILES string of the molecule is C[Si](C)(Cl)CN1CC(=O)N(C[Si](C)(C)Cl)CC1=O. The molecule has 0 unspecified atom stereocenters. The Kier molecular flexibility index (Phi) is 4.91. The van der Waals surface area contributed by atoms with Crippen molar-refractivity contribution in [3.05, 3.63) is 0 Å². The molecule has 0 atom stereocenters. The van der Waals surface area contributed by atoms with Gasteiger partial charge in [-0.05, 0) is 0 Å². The van der Waals surface area contributed by atoms with E-state index in [2.05, 4.69) is 0 Å². The predicted molar refractivity (Wildman–Crippen MR) is 79.8 cm³/mol. The van der Waals surface area contributed by atoms with E-state index in [9.17, 15) is 9.59 Å². The van der Waals surface area contributed by atoms with Gasteiger partial charge in [-0.2, -0.15) is 22.2 Å². The summed E-state index contributed by atoms with van der Waals surface area (Å²) in [5, 5.41) is 0. The van der Waals surface area contributed by atoms with Crippen LogP contribution in [0.3, 0.4) is 0 Å². The number of amides is 2. The van der Waals surface area contributed by atoms with Crippen molar-refractivity contribution < 1.29 is 9.59 Å². The molecular formula is C10H20Cl2N2O2Si2. The summed E-state index contributed by atoms with van der Waals surface area (Å²) >= 11 is 12.5. The lowest BCUT2D eigenvalue weighted by Crippen LogP contribution is -2.58. The first kappa shape index (κ1) is 16.0. The van der Waals surface area contributed by atoms with Gasteiger partial charge >= 0.3 is 0 Å². The van der Waals surface area contributed by atoms with Crippen molar-refractivity contribution in [2.45, 2.75) is 26.2 Å². The molecule has 0 radical (unpaired) electrons. The first-order chi connectivity index (χ1) is 7.98. The van der Waals surface area contributed by atoms with Crippen LogP contribution < -0.4 is 0 Å². The zero-order valence-corrected chi connectivity index (χ0v) is 14.8. The molecular weight excluding hydrogens is 307 g/mol. The van der Waals surface area contributed by atoms with Crippen LogP contribution in [0.25, 0.3) is 0 Å². The Balaban J connectivity index is 2.66. The highest BCUT2D eigenvalue weighted by Gasteiger charge is 2.35. The van der Waals surface area contributed by atoms with E-state index in [1.807, 2.05) is 26.2 Å². The minimum Gasteiger partial charge on any atom is -0.333 e. The highest BCUT2D eigenvalue weighted by Crippen LogP contribution is 2.16. The molecule has 1 saturated heterocycles. The van der Waals surface area contributed by atoms with Crippen LogP contribution in [-0.2, 0) is 9.59 Å². The van der Waals surface area contributed by atoms with Crippen LogP contribution in [-0.4, -0.2) is 61.8 Å². The second-order valence-electron chi connectivity index (χ2n) is 5.94. The molecule has 0 aromatic rings. The molecule has 0 spiro atoms. The molecule has 8 heteroatoms. The van der Waals surface area contributed by atoms with Crippen LogP contribution in [0.4, 0.5) is 0 Å². The molecule has 2 amide bonds. The molecule has 0 aromatic carbocycles. The lowest BCUT2D eigenvalue weighted by Gasteiger charge is -2.37. The third-order valence-electron chi connectivity index (χ3n) is 2.49. The van der Waals surface area contributed by atoms with Crippen molar-refractivity contribution in [1.29, 1.82) is 0 Å². The van der Waals surface area contributed by atoms with Gasteiger partial charge in [-0.1, -0.05) is 26.2 Å². The normalized spacial score (nSPS) is 18.6. The molecule has 1 fully saturated rings. The maximum atomic E-state index is 12.0. The van der Waals surface area contributed by atoms with Crippen LogP contribution in [0.5, 0.6) is 0 Å². The van der Waals surface area contributed by atoms with Gasteiger partial charge < -0.3 is 9.80 Å². The number of halogens is 2. The molecule has 0 bridgehead atoms. The molecule has 104 valence electrons. The monoisotopic (exact) mass is 326 g/mol. The Morgan fingerprint density at radius 3 is 1.39 bits per heavy atom. The molecule has 0 aromatic heterocycles. The smallest absolute Gasteiger partial charge is 0.242 e. The molecule has 18 heavy (non-hydrogen) atoms. The largest absolute Gasteiger partial charge is 0.333 e. The van der Waals surface area contributed by atoms with Gasteiger partial charge in [-0.15, -0.1) is 0 Å². The molecule has 1 aliphatic rings. The van der Waals surface area contributed by atoms with E-state index >= 15 is 0 Å². The fourth-order valence-corrected chi connectivity index (χ4v) is 5.16. The third-order valence-corrected chi connectivity index (χ3v) is 5.48. The maximum absolute atomic E-state index is 12.0. The van der Waals surface area contributed by atoms with Gasteiger partial charge in [0.1, 0.15) is 0 Å². The number of carbonyl (C=O) groups excluding carboxylic acids is 2. The summed E-state index contributed by atoms with van der Waals surface area (Å²) < 4.78 is 0. The molecule has 0 N–H and O–H groups in total. The molecule has 0 saturated carbocycles. The number of piperazine rings is 1. The summed E-state index contributed by atoms with van der Waals surface area (Å²) in [6, 6.07) is 0. The van der Waals surface area contributed by atoms with Crippen molar-refractivity contribution in [2.75, 3.05) is 25.4 Å². The van der Waals surface area contributed by atoms with Gasteiger partial charge in [0.2, 0.25) is 11.8 Å². The van der Waals surface area contributed by atoms with Gasteiger partial charge in [-0.3, -0.25) is 9.59 Å². The second kappa shape index (κ2) is 5.52. The van der Waals surface area contributed by atoms with Crippen molar-refractivity contribution in [2.24, 2.45) is 0 Å². The zero-order chi connectivity index (χ0) is 14.1. The van der Waals surface area contributed by atoms with E-state index in [0.717, 1.165) is 0 Å². The maximum Gasteiger partial charge on any atom is 0.242 e. The fourth-order valence-electron chi connectivity index (χ4n) is 1.90. The second-order valence-corrected chi connectivity index (χ2v) is 19.6. The average Bonchev–Trinajstić information content (AvgIpc) is 2.08. The minimum absolute atomic E-state index is 0.0225. The predicted octanol–water partition coefficient (Wildman–Crippen LogP) is 1.62. The molecule has 1 aliphatic heterocycles. The number of nitrogens with zero attached hydrogens (tertiary/aromatic N) is 2. The van der Waals surface area contributed by atoms with Gasteiger partial charge in [0.25, 0.3) is 0 Å². The minimum atomic E-state index is -1.90. The summed E-state index contributed by atoms with van der Waals surface area (Å²) in [4.78, 5) is 27.1. The van der Waals surface area contributed by atoms with Crippen LogP contribution in [0.2, 0.25) is 26.2 Å². The molecule has 1 rings (SSSR count). The molecule has 1 heterocycles. The number of hydrogen-bond donors (Lipinski definition) is 0. The first-order valence-electron chi connectivity index (χ1n) is 5.91. The topological polar surface area (TPSA) is 40.6 Å². The van der Waals surface area contributed by atoms with Crippen LogP contribution >= 0.6 is 22.2 Å². The van der Waals surface area contributed by atoms with E-state index in [-0.39, 0.29) is 24.9 Å². The van der Waals surface area contributed by atoms with E-state index in [1.54, 1.807) is 9.80 Å². The zero-order valence-electron chi connectivity index (χ0n) is 11.3. The molecule has 4 nitrogen and oxygen atoms in total. The average molecular weight is 327 g/mol. The summed E-state index contributed by atoms with van der Waals surface area (Å²) in [7, 11) is -3.79. The number of rotatable bonds is 4. The molecule has 0 aliphatic carbocycles. The number of carbonyl (C=O) groups is 2. The van der Waals surface area contributed by atoms with E-state index in [1.165, 1.54) is 0 Å². The highest BCUT2D eigenvalue weighted by atomic mass is 35.6. The van der Waals surface area contributed by atoms with Crippen molar-refractivity contribution in [3.63, 3.8) is 0 Å². The van der Waals surface area contributed by atoms with E-state index < -0.39 is 14.8 Å². The Labute approximate surface area is 120 Å². The summed E-state index contributed by atoms with van der Waals surface area (Å²) in [5.41, 5.74) is 0. The number of hydrogen-bond acceptors (Lipinski definition) is 2. The van der Waals surface area contributed by atoms with Crippen molar-refractivity contribution in [3.8, 4) is 0 Å². The van der Waals surface area contributed by atoms with Gasteiger partial charge in [-0.25, -0.2) is 0 Å². The summed E-state index contributed by atoms with van der Waals surface area (Å²) in [6.45, 7) is 8.15. The lowest BCUT2D eigenvalue weighted by molar-refractivity contribution is -0.148. The van der Waals surface area contributed by atoms with Gasteiger partial charge in [0.15, 0.2) is 14.8 Å².